The fourth-order valence-electron chi connectivity index (χ4n) is 2.71. The molecule has 0 aliphatic carbocycles. The predicted molar refractivity (Wildman–Crippen MR) is 88.0 cm³/mol. The second-order valence-corrected chi connectivity index (χ2v) is 5.25. The Labute approximate surface area is 137 Å². The number of imidazole rings is 1. The van der Waals surface area contributed by atoms with Crippen LogP contribution in [0.1, 0.15) is 22.8 Å². The van der Waals surface area contributed by atoms with Crippen molar-refractivity contribution in [3.05, 3.63) is 64.1 Å². The maximum absolute atomic E-state index is 12.5. The van der Waals surface area contributed by atoms with Crippen LogP contribution >= 0.6 is 0 Å². The summed E-state index contributed by atoms with van der Waals surface area (Å²) in [7, 11) is 0. The van der Waals surface area contributed by atoms with Crippen molar-refractivity contribution in [1.29, 1.82) is 0 Å². The zero-order valence-electron chi connectivity index (χ0n) is 13.2. The maximum atomic E-state index is 12.5. The third kappa shape index (κ3) is 2.60. The number of esters is 1. The number of ether oxygens (including phenoxy) is 1. The molecule has 0 spiro atoms. The number of pyridine rings is 1. The van der Waals surface area contributed by atoms with Gasteiger partial charge in [-0.05, 0) is 25.0 Å². The Hall–Kier alpha value is -3.22. The molecule has 7 heteroatoms. The molecule has 7 nitrogen and oxygen atoms in total. The molecule has 3 aromatic rings. The van der Waals surface area contributed by atoms with Gasteiger partial charge < -0.3 is 9.14 Å². The molecule has 2 heterocycles. The van der Waals surface area contributed by atoms with E-state index in [0.29, 0.717) is 27.9 Å². The van der Waals surface area contributed by atoms with Crippen molar-refractivity contribution in [2.24, 2.45) is 0 Å². The van der Waals surface area contributed by atoms with Crippen LogP contribution in [0.15, 0.2) is 42.9 Å². The summed E-state index contributed by atoms with van der Waals surface area (Å²) < 4.78 is 6.95. The predicted octanol–water partition coefficient (Wildman–Crippen LogP) is 3.39. The number of benzene rings is 1. The monoisotopic (exact) mass is 325 g/mol. The Bertz CT molecular complexity index is 946. The molecule has 1 aromatic carbocycles. The first-order valence-electron chi connectivity index (χ1n) is 7.41. The van der Waals surface area contributed by atoms with Crippen molar-refractivity contribution in [3.63, 3.8) is 0 Å². The summed E-state index contributed by atoms with van der Waals surface area (Å²) in [5.74, 6) is -0.470. The molecular formula is C17H15N3O4. The quantitative estimate of drug-likeness (QED) is 0.417. The number of hydrogen-bond acceptors (Lipinski definition) is 5. The van der Waals surface area contributed by atoms with E-state index in [2.05, 4.69) is 4.98 Å². The lowest BCUT2D eigenvalue weighted by Crippen LogP contribution is -2.10. The van der Waals surface area contributed by atoms with Gasteiger partial charge in [-0.1, -0.05) is 12.1 Å². The molecule has 122 valence electrons. The normalized spacial score (nSPS) is 10.8. The molecule has 0 atom stereocenters. The van der Waals surface area contributed by atoms with E-state index in [9.17, 15) is 14.9 Å². The minimum absolute atomic E-state index is 0.0477. The lowest BCUT2D eigenvalue weighted by molar-refractivity contribution is -0.384. The number of carbonyl (C=O) groups is 1. The van der Waals surface area contributed by atoms with Crippen LogP contribution in [0.25, 0.3) is 16.8 Å². The zero-order valence-corrected chi connectivity index (χ0v) is 13.2. The summed E-state index contributed by atoms with van der Waals surface area (Å²) in [5, 5.41) is 11.1. The van der Waals surface area contributed by atoms with Crippen molar-refractivity contribution >= 4 is 17.3 Å². The Kier molecular flexibility index (Phi) is 3.99. The van der Waals surface area contributed by atoms with Gasteiger partial charge in [-0.2, -0.15) is 0 Å². The first kappa shape index (κ1) is 15.7. The summed E-state index contributed by atoms with van der Waals surface area (Å²) in [5.41, 5.74) is 2.66. The average molecular weight is 325 g/mol. The topological polar surface area (TPSA) is 86.7 Å². The van der Waals surface area contributed by atoms with Crippen molar-refractivity contribution in [2.45, 2.75) is 13.8 Å². The highest BCUT2D eigenvalue weighted by molar-refractivity contribution is 6.02. The molecule has 0 aliphatic heterocycles. The maximum Gasteiger partial charge on any atom is 0.339 e. The van der Waals surface area contributed by atoms with E-state index in [1.165, 1.54) is 12.1 Å². The van der Waals surface area contributed by atoms with Crippen molar-refractivity contribution in [1.82, 2.24) is 9.38 Å². The van der Waals surface area contributed by atoms with E-state index in [1.807, 2.05) is 0 Å². The van der Waals surface area contributed by atoms with Gasteiger partial charge >= 0.3 is 5.97 Å². The van der Waals surface area contributed by atoms with E-state index in [0.717, 1.165) is 0 Å². The summed E-state index contributed by atoms with van der Waals surface area (Å²) in [4.78, 5) is 27.4. The molecule has 3 rings (SSSR count). The van der Waals surface area contributed by atoms with Crippen LogP contribution < -0.4 is 0 Å². The molecule has 24 heavy (non-hydrogen) atoms. The number of rotatable bonds is 4. The van der Waals surface area contributed by atoms with E-state index < -0.39 is 10.9 Å². The van der Waals surface area contributed by atoms with E-state index in [-0.39, 0.29) is 12.3 Å². The van der Waals surface area contributed by atoms with Crippen LogP contribution in [0.2, 0.25) is 0 Å². The van der Waals surface area contributed by atoms with Gasteiger partial charge in [-0.25, -0.2) is 9.78 Å². The molecule has 0 amide bonds. The number of carbonyl (C=O) groups excluding carboxylic acids is 1. The molecular weight excluding hydrogens is 310 g/mol. The number of fused-ring (bicyclic) bond motifs is 1. The summed E-state index contributed by atoms with van der Waals surface area (Å²) in [6, 6.07) is 6.15. The second-order valence-electron chi connectivity index (χ2n) is 5.25. The molecule has 0 N–H and O–H groups in total. The highest BCUT2D eigenvalue weighted by Gasteiger charge is 2.22. The third-order valence-corrected chi connectivity index (χ3v) is 3.69. The molecule has 0 saturated carbocycles. The van der Waals surface area contributed by atoms with Gasteiger partial charge in [0, 0.05) is 36.3 Å². The molecule has 2 aromatic heterocycles. The second kappa shape index (κ2) is 6.11. The number of nitrogens with zero attached hydrogens (tertiary/aromatic N) is 3. The van der Waals surface area contributed by atoms with Crippen LogP contribution in [-0.2, 0) is 4.74 Å². The fourth-order valence-corrected chi connectivity index (χ4v) is 2.71. The van der Waals surface area contributed by atoms with E-state index >= 15 is 0 Å². The van der Waals surface area contributed by atoms with Gasteiger partial charge in [-0.3, -0.25) is 10.1 Å². The third-order valence-electron chi connectivity index (χ3n) is 3.69. The van der Waals surface area contributed by atoms with Crippen LogP contribution in [-0.4, -0.2) is 26.9 Å². The van der Waals surface area contributed by atoms with Gasteiger partial charge in [0.1, 0.15) is 5.65 Å². The van der Waals surface area contributed by atoms with Crippen LogP contribution in [0, 0.1) is 17.0 Å². The highest BCUT2D eigenvalue weighted by Crippen LogP contribution is 2.32. The van der Waals surface area contributed by atoms with Gasteiger partial charge in [0.25, 0.3) is 5.69 Å². The van der Waals surface area contributed by atoms with Gasteiger partial charge in [0.05, 0.1) is 17.1 Å². The largest absolute Gasteiger partial charge is 0.462 e. The minimum Gasteiger partial charge on any atom is -0.462 e. The molecule has 0 bridgehead atoms. The summed E-state index contributed by atoms with van der Waals surface area (Å²) in [6.07, 6.45) is 5.16. The molecule has 0 aliphatic rings. The number of nitro groups is 1. The van der Waals surface area contributed by atoms with E-state index in [4.69, 9.17) is 4.74 Å². The Morgan fingerprint density at radius 3 is 2.92 bits per heavy atom. The van der Waals surface area contributed by atoms with Gasteiger partial charge in [0.2, 0.25) is 0 Å². The van der Waals surface area contributed by atoms with Gasteiger partial charge in [0.15, 0.2) is 0 Å². The Morgan fingerprint density at radius 1 is 1.42 bits per heavy atom. The Morgan fingerprint density at radius 2 is 2.21 bits per heavy atom. The first-order chi connectivity index (χ1) is 11.5. The lowest BCUT2D eigenvalue weighted by Gasteiger charge is -2.13. The lowest BCUT2D eigenvalue weighted by atomic mass is 9.97. The van der Waals surface area contributed by atoms with Crippen molar-refractivity contribution in [2.75, 3.05) is 6.61 Å². The number of aryl methyl sites for hydroxylation is 1. The number of non-ortho nitro benzene ring substituents is 1. The van der Waals surface area contributed by atoms with Crippen LogP contribution in [0.5, 0.6) is 0 Å². The van der Waals surface area contributed by atoms with E-state index in [1.54, 1.807) is 49.0 Å². The zero-order chi connectivity index (χ0) is 17.3. The standard InChI is InChI=1S/C17H15N3O4/c1-3-24-17(21)14-11(2)10-19-8-7-18-16(19)15(14)12-5-4-6-13(9-12)20(22)23/h4-10H,3H2,1-2H3. The van der Waals surface area contributed by atoms with Crippen LogP contribution in [0.4, 0.5) is 5.69 Å². The first-order valence-corrected chi connectivity index (χ1v) is 7.41. The SMILES string of the molecule is CCOC(=O)c1c(C)cn2ccnc2c1-c1cccc([N+](=O)[O-])c1. The van der Waals surface area contributed by atoms with Crippen molar-refractivity contribution in [3.8, 4) is 11.1 Å². The van der Waals surface area contributed by atoms with Crippen molar-refractivity contribution < 1.29 is 14.5 Å². The highest BCUT2D eigenvalue weighted by atomic mass is 16.6. The summed E-state index contributed by atoms with van der Waals surface area (Å²) >= 11 is 0. The summed E-state index contributed by atoms with van der Waals surface area (Å²) in [6.45, 7) is 3.77. The number of hydrogen-bond donors (Lipinski definition) is 0. The molecule has 0 unspecified atom stereocenters. The molecule has 0 radical (unpaired) electrons. The Balaban J connectivity index is 2.34. The number of nitro benzene ring substituents is 1. The van der Waals surface area contributed by atoms with Crippen LogP contribution in [0.3, 0.4) is 0 Å². The fraction of sp³-hybridized carbons (Fsp3) is 0.176. The average Bonchev–Trinajstić information content (AvgIpc) is 3.01. The molecule has 0 saturated heterocycles. The smallest absolute Gasteiger partial charge is 0.339 e. The van der Waals surface area contributed by atoms with Gasteiger partial charge in [-0.15, -0.1) is 0 Å². The number of aromatic nitrogens is 2. The minimum atomic E-state index is -0.470. The molecule has 0 fully saturated rings.